The second kappa shape index (κ2) is 6.52. The highest BCUT2D eigenvalue weighted by Gasteiger charge is 2.47. The van der Waals surface area contributed by atoms with Crippen LogP contribution in [0.3, 0.4) is 0 Å². The summed E-state index contributed by atoms with van der Waals surface area (Å²) in [6.07, 6.45) is 0.674. The average Bonchev–Trinajstić information content (AvgIpc) is 3.24. The van der Waals surface area contributed by atoms with E-state index in [0.29, 0.717) is 18.0 Å². The molecule has 2 aromatic carbocycles. The van der Waals surface area contributed by atoms with Crippen LogP contribution >= 0.6 is 0 Å². The minimum Gasteiger partial charge on any atom is -0.390 e. The van der Waals surface area contributed by atoms with Crippen LogP contribution in [0.15, 0.2) is 58.6 Å². The van der Waals surface area contributed by atoms with Gasteiger partial charge in [-0.3, -0.25) is 0 Å². The number of sulfonamides is 1. The van der Waals surface area contributed by atoms with Gasteiger partial charge in [-0.05, 0) is 36.6 Å². The van der Waals surface area contributed by atoms with Crippen molar-refractivity contribution in [3.05, 3.63) is 65.2 Å². The van der Waals surface area contributed by atoms with Crippen LogP contribution in [0.2, 0.25) is 0 Å². The van der Waals surface area contributed by atoms with Crippen molar-refractivity contribution >= 4 is 15.7 Å². The van der Waals surface area contributed by atoms with Crippen molar-refractivity contribution in [2.45, 2.75) is 31.3 Å². The fourth-order valence-corrected chi connectivity index (χ4v) is 5.13. The largest absolute Gasteiger partial charge is 0.390 e. The Morgan fingerprint density at radius 1 is 1.12 bits per heavy atom. The normalized spacial score (nSPS) is 22.8. The molecule has 2 atom stereocenters. The second-order valence-electron chi connectivity index (χ2n) is 6.86. The molecule has 26 heavy (non-hydrogen) atoms. The Hall–Kier alpha value is -2.18. The van der Waals surface area contributed by atoms with Gasteiger partial charge >= 0.3 is 0 Å². The standard InChI is InChI=1S/C20H22N2O3S/c1-3-15-8-10-16(11-9-15)26(23,24)22-12-18-19(13-22)25-21-20(18)17-7-5-4-6-14(17)2/h4-11,18-19H,3,12-13H2,1-2H3. The lowest BCUT2D eigenvalue weighted by atomic mass is 9.92. The van der Waals surface area contributed by atoms with Gasteiger partial charge in [0, 0.05) is 12.1 Å². The molecule has 6 heteroatoms. The van der Waals surface area contributed by atoms with E-state index in [-0.39, 0.29) is 12.0 Å². The number of rotatable bonds is 4. The zero-order valence-electron chi connectivity index (χ0n) is 14.9. The number of nitrogens with zero attached hydrogens (tertiary/aromatic N) is 2. The van der Waals surface area contributed by atoms with Crippen molar-refractivity contribution in [3.8, 4) is 0 Å². The molecule has 1 saturated heterocycles. The molecular weight excluding hydrogens is 348 g/mol. The molecule has 0 radical (unpaired) electrons. The molecule has 0 spiro atoms. The first kappa shape index (κ1) is 17.2. The van der Waals surface area contributed by atoms with Crippen molar-refractivity contribution in [2.24, 2.45) is 11.1 Å². The van der Waals surface area contributed by atoms with Gasteiger partial charge in [0.2, 0.25) is 10.0 Å². The number of hydrogen-bond acceptors (Lipinski definition) is 4. The molecule has 0 N–H and O–H groups in total. The van der Waals surface area contributed by atoms with Crippen molar-refractivity contribution in [1.82, 2.24) is 4.31 Å². The van der Waals surface area contributed by atoms with Gasteiger partial charge in [-0.15, -0.1) is 0 Å². The smallest absolute Gasteiger partial charge is 0.243 e. The summed E-state index contributed by atoms with van der Waals surface area (Å²) in [6, 6.07) is 15.1. The van der Waals surface area contributed by atoms with Crippen molar-refractivity contribution in [3.63, 3.8) is 0 Å². The number of oxime groups is 1. The first-order valence-corrected chi connectivity index (χ1v) is 10.3. The molecule has 0 aromatic heterocycles. The molecule has 2 heterocycles. The van der Waals surface area contributed by atoms with E-state index < -0.39 is 10.0 Å². The zero-order chi connectivity index (χ0) is 18.3. The molecule has 2 aliphatic rings. The number of hydrogen-bond donors (Lipinski definition) is 0. The summed E-state index contributed by atoms with van der Waals surface area (Å²) < 4.78 is 27.5. The number of fused-ring (bicyclic) bond motifs is 1. The van der Waals surface area contributed by atoms with Gasteiger partial charge in [-0.1, -0.05) is 48.5 Å². The van der Waals surface area contributed by atoms with Crippen molar-refractivity contribution < 1.29 is 13.3 Å². The van der Waals surface area contributed by atoms with Gasteiger partial charge in [0.15, 0.2) is 6.10 Å². The summed E-state index contributed by atoms with van der Waals surface area (Å²) in [5.74, 6) is -0.0270. The monoisotopic (exact) mass is 370 g/mol. The number of benzene rings is 2. The van der Waals surface area contributed by atoms with Gasteiger partial charge in [0.05, 0.1) is 23.1 Å². The Kier molecular flexibility index (Phi) is 4.32. The minimum atomic E-state index is -3.52. The van der Waals surface area contributed by atoms with Crippen LogP contribution in [0.4, 0.5) is 0 Å². The van der Waals surface area contributed by atoms with E-state index in [1.54, 1.807) is 12.1 Å². The van der Waals surface area contributed by atoms with Gasteiger partial charge in [0.1, 0.15) is 0 Å². The molecule has 5 nitrogen and oxygen atoms in total. The minimum absolute atomic E-state index is 0.0270. The maximum absolute atomic E-state index is 13.0. The molecule has 0 amide bonds. The van der Waals surface area contributed by atoms with Crippen LogP contribution in [0.1, 0.15) is 23.6 Å². The Balaban J connectivity index is 1.58. The Labute approximate surface area is 154 Å². The maximum atomic E-state index is 13.0. The Bertz CT molecular complexity index is 951. The van der Waals surface area contributed by atoms with E-state index >= 15 is 0 Å². The molecule has 2 aromatic rings. The summed E-state index contributed by atoms with van der Waals surface area (Å²) in [5, 5.41) is 4.26. The Morgan fingerprint density at radius 3 is 2.54 bits per heavy atom. The quantitative estimate of drug-likeness (QED) is 0.831. The molecule has 2 unspecified atom stereocenters. The van der Waals surface area contributed by atoms with Crippen LogP contribution < -0.4 is 0 Å². The van der Waals surface area contributed by atoms with E-state index in [2.05, 4.69) is 12.1 Å². The van der Waals surface area contributed by atoms with Crippen molar-refractivity contribution in [2.75, 3.05) is 13.1 Å². The van der Waals surface area contributed by atoms with Crippen molar-refractivity contribution in [1.29, 1.82) is 0 Å². The maximum Gasteiger partial charge on any atom is 0.243 e. The molecule has 1 fully saturated rings. The molecular formula is C20H22N2O3S. The molecule has 2 aliphatic heterocycles. The van der Waals surface area contributed by atoms with Crippen LogP contribution in [0.25, 0.3) is 0 Å². The predicted molar refractivity (Wildman–Crippen MR) is 101 cm³/mol. The second-order valence-corrected chi connectivity index (χ2v) is 8.80. The fraction of sp³-hybridized carbons (Fsp3) is 0.350. The topological polar surface area (TPSA) is 59.0 Å². The summed E-state index contributed by atoms with van der Waals surface area (Å²) >= 11 is 0. The summed E-state index contributed by atoms with van der Waals surface area (Å²) in [6.45, 7) is 4.82. The lowest BCUT2D eigenvalue weighted by Crippen LogP contribution is -2.30. The van der Waals surface area contributed by atoms with Gasteiger partial charge in [0.25, 0.3) is 0 Å². The van der Waals surface area contributed by atoms with Crippen LogP contribution in [-0.4, -0.2) is 37.6 Å². The molecule has 0 saturated carbocycles. The Morgan fingerprint density at radius 2 is 1.85 bits per heavy atom. The van der Waals surface area contributed by atoms with E-state index in [1.807, 2.05) is 43.3 Å². The van der Waals surface area contributed by atoms with Crippen LogP contribution in [0.5, 0.6) is 0 Å². The third kappa shape index (κ3) is 2.83. The highest BCUT2D eigenvalue weighted by Crippen LogP contribution is 2.34. The lowest BCUT2D eigenvalue weighted by molar-refractivity contribution is 0.0803. The molecule has 4 rings (SSSR count). The molecule has 0 aliphatic carbocycles. The van der Waals surface area contributed by atoms with Gasteiger partial charge in [-0.2, -0.15) is 4.31 Å². The van der Waals surface area contributed by atoms with E-state index in [0.717, 1.165) is 28.8 Å². The van der Waals surface area contributed by atoms with Gasteiger partial charge in [-0.25, -0.2) is 8.42 Å². The summed E-state index contributed by atoms with van der Waals surface area (Å²) in [7, 11) is -3.52. The van der Waals surface area contributed by atoms with Gasteiger partial charge < -0.3 is 4.84 Å². The fourth-order valence-electron chi connectivity index (χ4n) is 3.65. The predicted octanol–water partition coefficient (Wildman–Crippen LogP) is 2.98. The zero-order valence-corrected chi connectivity index (χ0v) is 15.7. The third-order valence-corrected chi connectivity index (χ3v) is 7.11. The third-order valence-electron chi connectivity index (χ3n) is 5.26. The highest BCUT2D eigenvalue weighted by atomic mass is 32.2. The van der Waals surface area contributed by atoms with Crippen LogP contribution in [-0.2, 0) is 21.3 Å². The summed E-state index contributed by atoms with van der Waals surface area (Å²) in [4.78, 5) is 5.92. The first-order chi connectivity index (χ1) is 12.5. The summed E-state index contributed by atoms with van der Waals surface area (Å²) in [5.41, 5.74) is 4.13. The first-order valence-electron chi connectivity index (χ1n) is 8.89. The lowest BCUT2D eigenvalue weighted by Gasteiger charge is -2.17. The highest BCUT2D eigenvalue weighted by molar-refractivity contribution is 7.89. The number of aryl methyl sites for hydroxylation is 2. The SMILES string of the molecule is CCc1ccc(S(=O)(=O)N2CC3ON=C(c4ccccc4C)C3C2)cc1. The van der Waals surface area contributed by atoms with Crippen LogP contribution in [0, 0.1) is 12.8 Å². The molecule has 0 bridgehead atoms. The average molecular weight is 370 g/mol. The van der Waals surface area contributed by atoms with E-state index in [9.17, 15) is 8.42 Å². The molecule has 136 valence electrons. The van der Waals surface area contributed by atoms with E-state index in [1.165, 1.54) is 4.31 Å². The van der Waals surface area contributed by atoms with E-state index in [4.69, 9.17) is 4.84 Å².